The zero-order chi connectivity index (χ0) is 22.1. The highest BCUT2D eigenvalue weighted by atomic mass is 32.2. The van der Waals surface area contributed by atoms with E-state index in [1.807, 2.05) is 24.3 Å². The molecule has 0 amide bonds. The second-order valence-electron chi connectivity index (χ2n) is 8.62. The molecule has 3 aromatic rings. The maximum atomic E-state index is 13.2. The number of Topliss-reactive ketones (excluding diaryl/α,β-unsaturated/α-hetero) is 1. The van der Waals surface area contributed by atoms with Crippen molar-refractivity contribution in [3.05, 3.63) is 66.0 Å². The Morgan fingerprint density at radius 1 is 1.16 bits per heavy atom. The van der Waals surface area contributed by atoms with Crippen LogP contribution in [0, 0.1) is 5.92 Å². The lowest BCUT2D eigenvalue weighted by Gasteiger charge is -2.21. The number of allylic oxidation sites excluding steroid dienone is 1. The number of benzene rings is 1. The summed E-state index contributed by atoms with van der Waals surface area (Å²) in [5.74, 6) is 0.637. The lowest BCUT2D eigenvalue weighted by Crippen LogP contribution is -2.40. The number of furan rings is 1. The highest BCUT2D eigenvalue weighted by Gasteiger charge is 2.40. The molecule has 2 fully saturated rings. The monoisotopic (exact) mass is 450 g/mol. The van der Waals surface area contributed by atoms with Crippen LogP contribution in [0.3, 0.4) is 0 Å². The van der Waals surface area contributed by atoms with E-state index in [2.05, 4.69) is 17.1 Å². The number of para-hydroxylation sites is 1. The van der Waals surface area contributed by atoms with Gasteiger partial charge in [0.2, 0.25) is 5.09 Å². The number of aryl methyl sites for hydroxylation is 1. The standard InChI is InChI=1S/C25H26N2O4S/c28-23(12-11-21-16-19(13-14-26-21)10-9-18-7-8-18)22-5-3-15-27(22)32(29,30)25-17-20-4-1-2-6-24(20)31-25/h1-2,4,6,9-10,13-14,16-18,22H,3,5,7-8,11-12,15H2/b10-9+/t22-/m0/s1. The summed E-state index contributed by atoms with van der Waals surface area (Å²) in [5, 5.41) is 0.630. The van der Waals surface area contributed by atoms with E-state index in [4.69, 9.17) is 4.42 Å². The van der Waals surface area contributed by atoms with Gasteiger partial charge in [0.1, 0.15) is 5.58 Å². The molecule has 5 rings (SSSR count). The smallest absolute Gasteiger partial charge is 0.277 e. The van der Waals surface area contributed by atoms with E-state index in [9.17, 15) is 13.2 Å². The van der Waals surface area contributed by atoms with E-state index in [0.717, 1.165) is 16.6 Å². The van der Waals surface area contributed by atoms with E-state index in [1.54, 1.807) is 18.3 Å². The minimum absolute atomic E-state index is 0.0667. The molecule has 0 radical (unpaired) electrons. The topological polar surface area (TPSA) is 80.5 Å². The molecule has 0 spiro atoms. The fourth-order valence-electron chi connectivity index (χ4n) is 4.24. The third-order valence-electron chi connectivity index (χ3n) is 6.19. The molecule has 1 aromatic carbocycles. The second-order valence-corrected chi connectivity index (χ2v) is 10.4. The summed E-state index contributed by atoms with van der Waals surface area (Å²) in [6, 6.07) is 12.0. The first-order valence-corrected chi connectivity index (χ1v) is 12.6. The third kappa shape index (κ3) is 4.40. The van der Waals surface area contributed by atoms with Crippen molar-refractivity contribution in [3.8, 4) is 0 Å². The van der Waals surface area contributed by atoms with Gasteiger partial charge in [-0.15, -0.1) is 0 Å². The molecular weight excluding hydrogens is 424 g/mol. The number of pyridine rings is 1. The van der Waals surface area contributed by atoms with Crippen molar-refractivity contribution < 1.29 is 17.6 Å². The number of hydrogen-bond donors (Lipinski definition) is 0. The van der Waals surface area contributed by atoms with E-state index in [1.165, 1.54) is 23.2 Å². The molecule has 3 heterocycles. The van der Waals surface area contributed by atoms with Crippen LogP contribution >= 0.6 is 0 Å². The first-order chi connectivity index (χ1) is 15.5. The van der Waals surface area contributed by atoms with Crippen LogP contribution in [0.4, 0.5) is 0 Å². The number of hydrogen-bond acceptors (Lipinski definition) is 5. The Balaban J connectivity index is 1.27. The molecule has 1 saturated heterocycles. The first-order valence-electron chi connectivity index (χ1n) is 11.2. The first kappa shape index (κ1) is 21.1. The minimum atomic E-state index is -3.87. The zero-order valence-corrected chi connectivity index (χ0v) is 18.6. The van der Waals surface area contributed by atoms with Gasteiger partial charge in [-0.1, -0.05) is 30.4 Å². The average molecular weight is 451 g/mol. The summed E-state index contributed by atoms with van der Waals surface area (Å²) < 4.78 is 33.4. The lowest BCUT2D eigenvalue weighted by molar-refractivity contribution is -0.122. The van der Waals surface area contributed by atoms with E-state index >= 15 is 0 Å². The largest absolute Gasteiger partial charge is 0.443 e. The molecule has 166 valence electrons. The van der Waals surface area contributed by atoms with Crippen LogP contribution in [-0.2, 0) is 21.2 Å². The maximum Gasteiger partial charge on any atom is 0.277 e. The van der Waals surface area contributed by atoms with Crippen molar-refractivity contribution in [2.45, 2.75) is 49.7 Å². The normalized spacial score (nSPS) is 19.8. The minimum Gasteiger partial charge on any atom is -0.443 e. The molecule has 7 heteroatoms. The molecule has 6 nitrogen and oxygen atoms in total. The molecule has 0 N–H and O–H groups in total. The number of carbonyl (C=O) groups is 1. The molecule has 1 aliphatic heterocycles. The Bertz CT molecular complexity index is 1240. The highest BCUT2D eigenvalue weighted by molar-refractivity contribution is 7.89. The van der Waals surface area contributed by atoms with Gasteiger partial charge in [-0.05, 0) is 61.8 Å². The summed E-state index contributed by atoms with van der Waals surface area (Å²) in [5.41, 5.74) is 2.46. The number of rotatable bonds is 8. The van der Waals surface area contributed by atoms with Crippen LogP contribution in [-0.4, -0.2) is 36.1 Å². The van der Waals surface area contributed by atoms with Gasteiger partial charge in [-0.3, -0.25) is 9.78 Å². The van der Waals surface area contributed by atoms with Crippen molar-refractivity contribution in [3.63, 3.8) is 0 Å². The lowest BCUT2D eigenvalue weighted by atomic mass is 10.0. The van der Waals surface area contributed by atoms with Crippen LogP contribution < -0.4 is 0 Å². The van der Waals surface area contributed by atoms with Crippen molar-refractivity contribution in [2.24, 2.45) is 5.92 Å². The van der Waals surface area contributed by atoms with E-state index in [-0.39, 0.29) is 17.3 Å². The summed E-state index contributed by atoms with van der Waals surface area (Å²) in [7, 11) is -3.87. The van der Waals surface area contributed by atoms with Gasteiger partial charge < -0.3 is 4.42 Å². The fraction of sp³-hybridized carbons (Fsp3) is 0.360. The molecule has 0 unspecified atom stereocenters. The summed E-state index contributed by atoms with van der Waals surface area (Å²) in [6.07, 6.45) is 10.6. The van der Waals surface area contributed by atoms with Crippen molar-refractivity contribution >= 4 is 32.9 Å². The average Bonchev–Trinajstić information content (AvgIpc) is 3.30. The number of sulfonamides is 1. The van der Waals surface area contributed by atoms with Crippen molar-refractivity contribution in [2.75, 3.05) is 6.54 Å². The Kier molecular flexibility index (Phi) is 5.69. The van der Waals surface area contributed by atoms with Crippen molar-refractivity contribution in [1.82, 2.24) is 9.29 Å². The maximum absolute atomic E-state index is 13.2. The summed E-state index contributed by atoms with van der Waals surface area (Å²) >= 11 is 0. The van der Waals surface area contributed by atoms with Crippen LogP contribution in [0.5, 0.6) is 0 Å². The molecule has 2 aliphatic rings. The quantitative estimate of drug-likeness (QED) is 0.501. The predicted octanol–water partition coefficient (Wildman–Crippen LogP) is 4.61. The number of fused-ring (bicyclic) bond motifs is 1. The van der Waals surface area contributed by atoms with Gasteiger partial charge in [-0.25, -0.2) is 8.42 Å². The molecular formula is C25H26N2O4S. The number of carbonyl (C=O) groups excluding carboxylic acids is 1. The predicted molar refractivity (Wildman–Crippen MR) is 122 cm³/mol. The Labute approximate surface area is 188 Å². The number of ketones is 1. The van der Waals surface area contributed by atoms with Gasteiger partial charge in [0.15, 0.2) is 5.78 Å². The molecule has 1 saturated carbocycles. The molecule has 1 aliphatic carbocycles. The van der Waals surface area contributed by atoms with Gasteiger partial charge >= 0.3 is 0 Å². The van der Waals surface area contributed by atoms with Crippen LogP contribution in [0.25, 0.3) is 17.0 Å². The second kappa shape index (κ2) is 8.64. The van der Waals surface area contributed by atoms with Crippen LogP contribution in [0.15, 0.2) is 64.2 Å². The Hall–Kier alpha value is -2.77. The third-order valence-corrected chi connectivity index (χ3v) is 7.96. The number of aromatic nitrogens is 1. The molecule has 0 bridgehead atoms. The fourth-order valence-corrected chi connectivity index (χ4v) is 5.87. The Morgan fingerprint density at radius 2 is 2.00 bits per heavy atom. The van der Waals surface area contributed by atoms with Gasteiger partial charge in [-0.2, -0.15) is 4.31 Å². The molecule has 2 aromatic heterocycles. The van der Waals surface area contributed by atoms with Gasteiger partial charge in [0.25, 0.3) is 10.0 Å². The van der Waals surface area contributed by atoms with Crippen LogP contribution in [0.2, 0.25) is 0 Å². The molecule has 32 heavy (non-hydrogen) atoms. The van der Waals surface area contributed by atoms with Crippen molar-refractivity contribution in [1.29, 1.82) is 0 Å². The Morgan fingerprint density at radius 3 is 2.81 bits per heavy atom. The highest BCUT2D eigenvalue weighted by Crippen LogP contribution is 2.32. The van der Waals surface area contributed by atoms with E-state index in [0.29, 0.717) is 37.3 Å². The SMILES string of the molecule is O=C(CCc1cc(/C=C/C2CC2)ccn1)[C@@H]1CCCN1S(=O)(=O)c1cc2ccccc2o1. The summed E-state index contributed by atoms with van der Waals surface area (Å²) in [4.78, 5) is 17.4. The van der Waals surface area contributed by atoms with Gasteiger partial charge in [0, 0.05) is 36.3 Å². The zero-order valence-electron chi connectivity index (χ0n) is 17.8. The van der Waals surface area contributed by atoms with E-state index < -0.39 is 16.1 Å². The van der Waals surface area contributed by atoms with Crippen LogP contribution in [0.1, 0.15) is 43.4 Å². The molecule has 1 atom stereocenters. The van der Waals surface area contributed by atoms with Gasteiger partial charge in [0.05, 0.1) is 6.04 Å². The number of nitrogens with zero attached hydrogens (tertiary/aromatic N) is 2. The summed E-state index contributed by atoms with van der Waals surface area (Å²) in [6.45, 7) is 0.329.